The molecule has 2 heterocycles. The molecule has 2 rings (SSSR count). The van der Waals surface area contributed by atoms with Gasteiger partial charge >= 0.3 is 6.01 Å². The minimum absolute atomic E-state index is 0.0515. The topological polar surface area (TPSA) is 120 Å². The molecule has 8 nitrogen and oxygen atoms in total. The zero-order valence-electron chi connectivity index (χ0n) is 11.7. The third kappa shape index (κ3) is 3.46. The highest BCUT2D eigenvalue weighted by Crippen LogP contribution is 2.22. The fourth-order valence-electron chi connectivity index (χ4n) is 2.16. The number of nitrogen functional groups attached to an aromatic ring is 1. The Kier molecular flexibility index (Phi) is 4.21. The molecule has 1 aromatic heterocycles. The summed E-state index contributed by atoms with van der Waals surface area (Å²) in [6, 6.07) is 0.198. The van der Waals surface area contributed by atoms with Crippen molar-refractivity contribution in [2.75, 3.05) is 23.7 Å². The van der Waals surface area contributed by atoms with Gasteiger partial charge in [-0.05, 0) is 26.7 Å². The van der Waals surface area contributed by atoms with Crippen molar-refractivity contribution >= 4 is 17.8 Å². The fraction of sp³-hybridized carbons (Fsp3) is 0.667. The monoisotopic (exact) mass is 280 g/mol. The molecule has 0 spiro atoms. The highest BCUT2D eigenvalue weighted by Gasteiger charge is 2.26. The summed E-state index contributed by atoms with van der Waals surface area (Å²) >= 11 is 0. The number of aromatic nitrogens is 3. The normalized spacial score (nSPS) is 19.1. The number of amides is 1. The van der Waals surface area contributed by atoms with Crippen LogP contribution in [-0.4, -0.2) is 40.1 Å². The number of primary amides is 1. The molecule has 20 heavy (non-hydrogen) atoms. The van der Waals surface area contributed by atoms with Crippen LogP contribution in [0.1, 0.15) is 26.7 Å². The third-order valence-electron chi connectivity index (χ3n) is 3.07. The molecule has 1 aliphatic heterocycles. The number of anilines is 2. The van der Waals surface area contributed by atoms with Gasteiger partial charge in [0.15, 0.2) is 0 Å². The second-order valence-electron chi connectivity index (χ2n) is 5.13. The summed E-state index contributed by atoms with van der Waals surface area (Å²) in [6.07, 6.45) is 1.60. The predicted molar refractivity (Wildman–Crippen MR) is 74.1 cm³/mol. The number of carbonyl (C=O) groups excluding carboxylic acids is 1. The molecule has 110 valence electrons. The SMILES string of the molecule is CC(C)Oc1nc(N)nc(N2CCCC(C(N)=O)C2)n1. The first-order valence-electron chi connectivity index (χ1n) is 6.68. The van der Waals surface area contributed by atoms with Crippen LogP contribution in [0.2, 0.25) is 0 Å². The van der Waals surface area contributed by atoms with Gasteiger partial charge in [0.05, 0.1) is 12.0 Å². The first-order valence-corrected chi connectivity index (χ1v) is 6.68. The van der Waals surface area contributed by atoms with E-state index in [-0.39, 0.29) is 29.9 Å². The lowest BCUT2D eigenvalue weighted by Gasteiger charge is -2.31. The summed E-state index contributed by atoms with van der Waals surface area (Å²) in [5.74, 6) is 0.0533. The Morgan fingerprint density at radius 2 is 2.15 bits per heavy atom. The van der Waals surface area contributed by atoms with Crippen LogP contribution in [0.4, 0.5) is 11.9 Å². The standard InChI is InChI=1S/C12H20N6O2/c1-7(2)20-12-16-10(14)15-11(17-12)18-5-3-4-8(6-18)9(13)19/h7-8H,3-6H2,1-2H3,(H2,13,19)(H2,14,15,16,17). The maximum Gasteiger partial charge on any atom is 0.323 e. The molecule has 0 saturated carbocycles. The van der Waals surface area contributed by atoms with Crippen molar-refractivity contribution in [3.05, 3.63) is 0 Å². The van der Waals surface area contributed by atoms with E-state index in [0.29, 0.717) is 12.5 Å². The van der Waals surface area contributed by atoms with Crippen molar-refractivity contribution < 1.29 is 9.53 Å². The van der Waals surface area contributed by atoms with E-state index in [4.69, 9.17) is 16.2 Å². The van der Waals surface area contributed by atoms with Crippen molar-refractivity contribution in [1.82, 2.24) is 15.0 Å². The highest BCUT2D eigenvalue weighted by atomic mass is 16.5. The van der Waals surface area contributed by atoms with Gasteiger partial charge < -0.3 is 21.1 Å². The molecule has 0 radical (unpaired) electrons. The second-order valence-corrected chi connectivity index (χ2v) is 5.13. The maximum absolute atomic E-state index is 11.3. The second kappa shape index (κ2) is 5.89. The van der Waals surface area contributed by atoms with E-state index in [1.807, 2.05) is 18.7 Å². The van der Waals surface area contributed by atoms with Gasteiger partial charge in [0.25, 0.3) is 0 Å². The van der Waals surface area contributed by atoms with Gasteiger partial charge in [0.1, 0.15) is 0 Å². The lowest BCUT2D eigenvalue weighted by atomic mass is 9.98. The van der Waals surface area contributed by atoms with Gasteiger partial charge in [0, 0.05) is 13.1 Å². The van der Waals surface area contributed by atoms with Gasteiger partial charge in [-0.3, -0.25) is 4.79 Å². The number of carbonyl (C=O) groups is 1. The van der Waals surface area contributed by atoms with Crippen molar-refractivity contribution in [3.63, 3.8) is 0 Å². The molecule has 1 atom stereocenters. The van der Waals surface area contributed by atoms with E-state index in [1.165, 1.54) is 0 Å². The molecule has 0 aliphatic carbocycles. The zero-order chi connectivity index (χ0) is 14.7. The van der Waals surface area contributed by atoms with E-state index in [2.05, 4.69) is 15.0 Å². The van der Waals surface area contributed by atoms with Crippen molar-refractivity contribution in [2.24, 2.45) is 11.7 Å². The number of piperidine rings is 1. The predicted octanol–water partition coefficient (Wildman–Crippen LogP) is -0.0573. The average Bonchev–Trinajstić information content (AvgIpc) is 2.37. The van der Waals surface area contributed by atoms with Crippen LogP contribution in [-0.2, 0) is 4.79 Å². The fourth-order valence-corrected chi connectivity index (χ4v) is 2.16. The van der Waals surface area contributed by atoms with Crippen LogP contribution in [0.25, 0.3) is 0 Å². The summed E-state index contributed by atoms with van der Waals surface area (Å²) in [7, 11) is 0. The lowest BCUT2D eigenvalue weighted by Crippen LogP contribution is -2.42. The van der Waals surface area contributed by atoms with E-state index in [0.717, 1.165) is 19.4 Å². The van der Waals surface area contributed by atoms with Crippen LogP contribution in [0.3, 0.4) is 0 Å². The molecular weight excluding hydrogens is 260 g/mol. The lowest BCUT2D eigenvalue weighted by molar-refractivity contribution is -0.122. The summed E-state index contributed by atoms with van der Waals surface area (Å²) in [5.41, 5.74) is 11.0. The Labute approximate surface area is 117 Å². The number of nitrogens with zero attached hydrogens (tertiary/aromatic N) is 4. The quantitative estimate of drug-likeness (QED) is 0.792. The number of nitrogens with two attached hydrogens (primary N) is 2. The Morgan fingerprint density at radius 3 is 2.80 bits per heavy atom. The van der Waals surface area contributed by atoms with Crippen LogP contribution < -0.4 is 21.1 Å². The summed E-state index contributed by atoms with van der Waals surface area (Å²) < 4.78 is 5.44. The van der Waals surface area contributed by atoms with Crippen molar-refractivity contribution in [2.45, 2.75) is 32.8 Å². The van der Waals surface area contributed by atoms with Gasteiger partial charge in [-0.1, -0.05) is 0 Å². The van der Waals surface area contributed by atoms with Crippen LogP contribution in [0.15, 0.2) is 0 Å². The van der Waals surface area contributed by atoms with E-state index in [9.17, 15) is 4.79 Å². The maximum atomic E-state index is 11.3. The summed E-state index contributed by atoms with van der Waals surface area (Å²) in [4.78, 5) is 25.5. The van der Waals surface area contributed by atoms with Gasteiger partial charge in [-0.25, -0.2) is 0 Å². The molecule has 0 bridgehead atoms. The third-order valence-corrected chi connectivity index (χ3v) is 3.07. The number of hydrogen-bond donors (Lipinski definition) is 2. The van der Waals surface area contributed by atoms with Crippen molar-refractivity contribution in [3.8, 4) is 6.01 Å². The number of rotatable bonds is 4. The Morgan fingerprint density at radius 1 is 1.40 bits per heavy atom. The molecule has 1 amide bonds. The van der Waals surface area contributed by atoms with Crippen LogP contribution in [0.5, 0.6) is 6.01 Å². The van der Waals surface area contributed by atoms with Gasteiger partial charge in [-0.2, -0.15) is 15.0 Å². The largest absolute Gasteiger partial charge is 0.461 e. The Balaban J connectivity index is 2.18. The Hall–Kier alpha value is -2.12. The summed E-state index contributed by atoms with van der Waals surface area (Å²) in [6.45, 7) is 5.02. The number of ether oxygens (including phenoxy) is 1. The molecule has 4 N–H and O–H groups in total. The Bertz CT molecular complexity index is 493. The molecule has 1 unspecified atom stereocenters. The minimum Gasteiger partial charge on any atom is -0.461 e. The smallest absolute Gasteiger partial charge is 0.323 e. The molecule has 1 fully saturated rings. The molecule has 8 heteroatoms. The van der Waals surface area contributed by atoms with E-state index < -0.39 is 0 Å². The van der Waals surface area contributed by atoms with Gasteiger partial charge in [-0.15, -0.1) is 0 Å². The van der Waals surface area contributed by atoms with Crippen molar-refractivity contribution in [1.29, 1.82) is 0 Å². The van der Waals surface area contributed by atoms with Gasteiger partial charge in [0.2, 0.25) is 17.8 Å². The highest BCUT2D eigenvalue weighted by molar-refractivity contribution is 5.77. The minimum atomic E-state index is -0.296. The van der Waals surface area contributed by atoms with E-state index >= 15 is 0 Å². The molecule has 0 aromatic carbocycles. The molecular formula is C12H20N6O2. The average molecular weight is 280 g/mol. The van der Waals surface area contributed by atoms with Crippen LogP contribution >= 0.6 is 0 Å². The summed E-state index contributed by atoms with van der Waals surface area (Å²) in [5, 5.41) is 0. The number of hydrogen-bond acceptors (Lipinski definition) is 7. The first-order chi connectivity index (χ1) is 9.45. The van der Waals surface area contributed by atoms with Crippen LogP contribution in [0, 0.1) is 5.92 Å². The van der Waals surface area contributed by atoms with E-state index in [1.54, 1.807) is 0 Å². The molecule has 1 saturated heterocycles. The first kappa shape index (κ1) is 14.3. The molecule has 1 aromatic rings. The zero-order valence-corrected chi connectivity index (χ0v) is 11.7. The molecule has 1 aliphatic rings.